The molecule has 0 saturated carbocycles. The van der Waals surface area contributed by atoms with Gasteiger partial charge >= 0.3 is 6.09 Å². The molecule has 1 heterocycles. The smallest absolute Gasteiger partial charge is 0.409 e. The van der Waals surface area contributed by atoms with Crippen molar-refractivity contribution < 1.29 is 28.5 Å². The summed E-state index contributed by atoms with van der Waals surface area (Å²) >= 11 is 0. The van der Waals surface area contributed by atoms with Gasteiger partial charge < -0.3 is 29.2 Å². The number of nitrogens with one attached hydrogen (secondary N) is 1. The second kappa shape index (κ2) is 11.5. The first-order valence-electron chi connectivity index (χ1n) is 10.1. The predicted molar refractivity (Wildman–Crippen MR) is 114 cm³/mol. The average Bonchev–Trinajstić information content (AvgIpc) is 2.75. The van der Waals surface area contributed by atoms with E-state index in [9.17, 15) is 9.59 Å². The molecular formula is C21H33N3O6. The van der Waals surface area contributed by atoms with E-state index < -0.39 is 0 Å². The Morgan fingerprint density at radius 3 is 2.10 bits per heavy atom. The first-order valence-corrected chi connectivity index (χ1v) is 10.1. The van der Waals surface area contributed by atoms with Crippen molar-refractivity contribution in [1.82, 2.24) is 9.80 Å². The summed E-state index contributed by atoms with van der Waals surface area (Å²) in [5, 5.41) is 2.87. The fourth-order valence-electron chi connectivity index (χ4n) is 3.12. The predicted octanol–water partition coefficient (Wildman–Crippen LogP) is 2.45. The van der Waals surface area contributed by atoms with Crippen LogP contribution in [-0.4, -0.2) is 82.5 Å². The van der Waals surface area contributed by atoms with Gasteiger partial charge in [-0.15, -0.1) is 0 Å². The van der Waals surface area contributed by atoms with Gasteiger partial charge in [-0.2, -0.15) is 0 Å². The molecule has 1 fully saturated rings. The van der Waals surface area contributed by atoms with Crippen LogP contribution in [0, 0.1) is 5.92 Å². The first kappa shape index (κ1) is 23.6. The lowest BCUT2D eigenvalue weighted by Crippen LogP contribution is -2.49. The highest BCUT2D eigenvalue weighted by atomic mass is 16.6. The Balaban J connectivity index is 1.80. The molecule has 0 spiro atoms. The first-order chi connectivity index (χ1) is 14.4. The molecule has 1 N–H and O–H groups in total. The lowest BCUT2D eigenvalue weighted by Gasteiger charge is -2.34. The van der Waals surface area contributed by atoms with E-state index in [1.807, 2.05) is 13.8 Å². The third kappa shape index (κ3) is 6.69. The van der Waals surface area contributed by atoms with Crippen LogP contribution >= 0.6 is 0 Å². The number of hydrogen-bond acceptors (Lipinski definition) is 7. The van der Waals surface area contributed by atoms with Crippen LogP contribution in [0.4, 0.5) is 10.5 Å². The Morgan fingerprint density at radius 2 is 1.60 bits per heavy atom. The Labute approximate surface area is 178 Å². The van der Waals surface area contributed by atoms with E-state index in [0.29, 0.717) is 74.6 Å². The summed E-state index contributed by atoms with van der Waals surface area (Å²) in [5.74, 6) is 1.64. The standard InChI is InChI=1S/C21H33N3O6/c1-15(2)14-30-21(26)24-10-8-23(9-11-24)7-6-19(25)22-16-12-17(27-3)20(29-5)18(13-16)28-4/h12-13,15H,6-11,14H2,1-5H3,(H,22,25). The summed E-state index contributed by atoms with van der Waals surface area (Å²) in [6.45, 7) is 7.70. The summed E-state index contributed by atoms with van der Waals surface area (Å²) in [7, 11) is 4.59. The molecule has 2 rings (SSSR count). The third-order valence-electron chi connectivity index (χ3n) is 4.77. The van der Waals surface area contributed by atoms with Crippen molar-refractivity contribution in [2.75, 3.05) is 66.0 Å². The molecule has 0 unspecified atom stereocenters. The Kier molecular flexibility index (Phi) is 9.04. The van der Waals surface area contributed by atoms with E-state index >= 15 is 0 Å². The van der Waals surface area contributed by atoms with Crippen LogP contribution in [-0.2, 0) is 9.53 Å². The van der Waals surface area contributed by atoms with Crippen molar-refractivity contribution in [3.63, 3.8) is 0 Å². The van der Waals surface area contributed by atoms with Gasteiger partial charge in [0, 0.05) is 57.0 Å². The van der Waals surface area contributed by atoms with Crippen molar-refractivity contribution in [2.24, 2.45) is 5.92 Å². The van der Waals surface area contributed by atoms with Crippen LogP contribution in [0.25, 0.3) is 0 Å². The fourth-order valence-corrected chi connectivity index (χ4v) is 3.12. The van der Waals surface area contributed by atoms with Gasteiger partial charge in [-0.05, 0) is 5.92 Å². The number of carbonyl (C=O) groups excluding carboxylic acids is 2. The summed E-state index contributed by atoms with van der Waals surface area (Å²) in [6, 6.07) is 3.39. The van der Waals surface area contributed by atoms with Crippen LogP contribution in [0.5, 0.6) is 17.2 Å². The minimum Gasteiger partial charge on any atom is -0.493 e. The van der Waals surface area contributed by atoms with Crippen LogP contribution in [0.3, 0.4) is 0 Å². The number of methoxy groups -OCH3 is 3. The summed E-state index contributed by atoms with van der Waals surface area (Å²) < 4.78 is 21.2. The van der Waals surface area contributed by atoms with Crippen molar-refractivity contribution in [1.29, 1.82) is 0 Å². The topological polar surface area (TPSA) is 89.6 Å². The SMILES string of the molecule is COc1cc(NC(=O)CCN2CCN(C(=O)OCC(C)C)CC2)cc(OC)c1OC. The molecule has 0 radical (unpaired) electrons. The van der Waals surface area contributed by atoms with Gasteiger partial charge in [0.2, 0.25) is 11.7 Å². The molecule has 0 atom stereocenters. The highest BCUT2D eigenvalue weighted by Crippen LogP contribution is 2.39. The third-order valence-corrected chi connectivity index (χ3v) is 4.77. The zero-order chi connectivity index (χ0) is 22.1. The molecule has 9 heteroatoms. The minimum atomic E-state index is -0.261. The molecule has 0 aliphatic carbocycles. The monoisotopic (exact) mass is 423 g/mol. The average molecular weight is 424 g/mol. The Hall–Kier alpha value is -2.68. The number of carbonyl (C=O) groups is 2. The number of ether oxygens (including phenoxy) is 4. The molecule has 0 bridgehead atoms. The van der Waals surface area contributed by atoms with Crippen molar-refractivity contribution in [2.45, 2.75) is 20.3 Å². The Morgan fingerprint density at radius 1 is 1.00 bits per heavy atom. The fraction of sp³-hybridized carbons (Fsp3) is 0.619. The van der Waals surface area contributed by atoms with Crippen molar-refractivity contribution >= 4 is 17.7 Å². The lowest BCUT2D eigenvalue weighted by molar-refractivity contribution is -0.116. The van der Waals surface area contributed by atoms with Crippen LogP contribution in [0.2, 0.25) is 0 Å². The van der Waals surface area contributed by atoms with Gasteiger partial charge in [0.1, 0.15) is 0 Å². The number of anilines is 1. The maximum absolute atomic E-state index is 12.4. The Bertz CT molecular complexity index is 692. The molecule has 0 aromatic heterocycles. The maximum Gasteiger partial charge on any atom is 0.409 e. The highest BCUT2D eigenvalue weighted by Gasteiger charge is 2.22. The van der Waals surface area contributed by atoms with E-state index in [2.05, 4.69) is 10.2 Å². The van der Waals surface area contributed by atoms with Gasteiger partial charge in [0.05, 0.1) is 27.9 Å². The molecule has 1 aromatic carbocycles. The van der Waals surface area contributed by atoms with E-state index in [4.69, 9.17) is 18.9 Å². The summed E-state index contributed by atoms with van der Waals surface area (Å²) in [5.41, 5.74) is 0.576. The summed E-state index contributed by atoms with van der Waals surface area (Å²) in [6.07, 6.45) is 0.0811. The molecule has 30 heavy (non-hydrogen) atoms. The minimum absolute atomic E-state index is 0.108. The number of piperazine rings is 1. The second-order valence-electron chi connectivity index (χ2n) is 7.51. The highest BCUT2D eigenvalue weighted by molar-refractivity contribution is 5.91. The van der Waals surface area contributed by atoms with E-state index in [-0.39, 0.29) is 12.0 Å². The molecular weight excluding hydrogens is 390 g/mol. The van der Waals surface area contributed by atoms with Gasteiger partial charge in [-0.25, -0.2) is 4.79 Å². The molecule has 9 nitrogen and oxygen atoms in total. The zero-order valence-electron chi connectivity index (χ0n) is 18.5. The maximum atomic E-state index is 12.4. The number of benzene rings is 1. The number of hydrogen-bond donors (Lipinski definition) is 1. The molecule has 1 aliphatic rings. The molecule has 1 saturated heterocycles. The quantitative estimate of drug-likeness (QED) is 0.652. The van der Waals surface area contributed by atoms with E-state index in [0.717, 1.165) is 0 Å². The van der Waals surface area contributed by atoms with E-state index in [1.54, 1.807) is 17.0 Å². The van der Waals surface area contributed by atoms with Crippen molar-refractivity contribution in [3.05, 3.63) is 12.1 Å². The number of amides is 2. The largest absolute Gasteiger partial charge is 0.493 e. The number of rotatable bonds is 9. The van der Waals surface area contributed by atoms with E-state index in [1.165, 1.54) is 21.3 Å². The summed E-state index contributed by atoms with van der Waals surface area (Å²) in [4.78, 5) is 28.3. The molecule has 1 aromatic rings. The van der Waals surface area contributed by atoms with Gasteiger partial charge in [0.15, 0.2) is 11.5 Å². The lowest BCUT2D eigenvalue weighted by atomic mass is 10.2. The van der Waals surface area contributed by atoms with Crippen LogP contribution in [0.15, 0.2) is 12.1 Å². The molecule has 2 amide bonds. The normalized spacial score (nSPS) is 14.4. The van der Waals surface area contributed by atoms with Crippen molar-refractivity contribution in [3.8, 4) is 17.2 Å². The van der Waals surface area contributed by atoms with Gasteiger partial charge in [0.25, 0.3) is 0 Å². The van der Waals surface area contributed by atoms with Gasteiger partial charge in [-0.3, -0.25) is 9.69 Å². The molecule has 1 aliphatic heterocycles. The van der Waals surface area contributed by atoms with Crippen LogP contribution in [0.1, 0.15) is 20.3 Å². The van der Waals surface area contributed by atoms with Crippen LogP contribution < -0.4 is 19.5 Å². The second-order valence-corrected chi connectivity index (χ2v) is 7.51. The molecule has 168 valence electrons. The van der Waals surface area contributed by atoms with Gasteiger partial charge in [-0.1, -0.05) is 13.8 Å². The zero-order valence-corrected chi connectivity index (χ0v) is 18.5. The number of nitrogens with zero attached hydrogens (tertiary/aromatic N) is 2.